The van der Waals surface area contributed by atoms with Crippen LogP contribution in [-0.4, -0.2) is 34.1 Å². The van der Waals surface area contributed by atoms with E-state index in [2.05, 4.69) is 15.7 Å². The molecule has 6 heteroatoms. The van der Waals surface area contributed by atoms with Crippen LogP contribution in [0, 0.1) is 0 Å². The number of aromatic nitrogens is 2. The Labute approximate surface area is 117 Å². The van der Waals surface area contributed by atoms with Crippen molar-refractivity contribution in [3.05, 3.63) is 48.2 Å². The summed E-state index contributed by atoms with van der Waals surface area (Å²) in [5, 5.41) is 18.1. The first-order valence-corrected chi connectivity index (χ1v) is 6.46. The lowest BCUT2D eigenvalue weighted by atomic mass is 10.1. The minimum Gasteiger partial charge on any atom is -0.395 e. The Balaban J connectivity index is 2.00. The average molecular weight is 274 g/mol. The van der Waals surface area contributed by atoms with Crippen molar-refractivity contribution >= 4 is 11.8 Å². The van der Waals surface area contributed by atoms with Gasteiger partial charge < -0.3 is 10.4 Å². The molecule has 20 heavy (non-hydrogen) atoms. The van der Waals surface area contributed by atoms with Crippen LogP contribution in [0.4, 0.5) is 10.6 Å². The molecule has 0 fully saturated rings. The second kappa shape index (κ2) is 6.72. The van der Waals surface area contributed by atoms with Crippen molar-refractivity contribution in [1.82, 2.24) is 15.1 Å². The van der Waals surface area contributed by atoms with Gasteiger partial charge >= 0.3 is 6.03 Å². The van der Waals surface area contributed by atoms with Crippen molar-refractivity contribution in [2.45, 2.75) is 13.0 Å². The van der Waals surface area contributed by atoms with Crippen LogP contribution < -0.4 is 10.6 Å². The normalized spacial score (nSPS) is 11.9. The summed E-state index contributed by atoms with van der Waals surface area (Å²) in [7, 11) is 0. The summed E-state index contributed by atoms with van der Waals surface area (Å²) in [5.41, 5.74) is 1.15. The molecule has 106 valence electrons. The van der Waals surface area contributed by atoms with E-state index >= 15 is 0 Å². The van der Waals surface area contributed by atoms with Crippen LogP contribution in [0.15, 0.2) is 42.6 Å². The van der Waals surface area contributed by atoms with E-state index in [9.17, 15) is 4.79 Å². The molecule has 6 nitrogen and oxygen atoms in total. The van der Waals surface area contributed by atoms with Crippen LogP contribution in [0.5, 0.6) is 0 Å². The molecule has 3 N–H and O–H groups in total. The van der Waals surface area contributed by atoms with Crippen molar-refractivity contribution in [3.63, 3.8) is 0 Å². The van der Waals surface area contributed by atoms with Gasteiger partial charge in [0.15, 0.2) is 5.82 Å². The van der Waals surface area contributed by atoms with E-state index in [1.165, 1.54) is 0 Å². The molecule has 0 saturated carbocycles. The molecule has 0 saturated heterocycles. The lowest BCUT2D eigenvalue weighted by molar-refractivity contribution is 0.244. The molecular formula is C14H18N4O2. The number of hydrogen-bond donors (Lipinski definition) is 3. The number of urea groups is 1. The Morgan fingerprint density at radius 3 is 2.80 bits per heavy atom. The highest BCUT2D eigenvalue weighted by atomic mass is 16.3. The zero-order valence-electron chi connectivity index (χ0n) is 11.3. The van der Waals surface area contributed by atoms with Crippen LogP contribution in [-0.2, 0) is 0 Å². The fraction of sp³-hybridized carbons (Fsp3) is 0.286. The third-order valence-corrected chi connectivity index (χ3v) is 2.93. The lowest BCUT2D eigenvalue weighted by Gasteiger charge is -2.12. The molecule has 0 aliphatic rings. The summed E-state index contributed by atoms with van der Waals surface area (Å²) >= 11 is 0. The molecular weight excluding hydrogens is 256 g/mol. The minimum atomic E-state index is -0.378. The van der Waals surface area contributed by atoms with Gasteiger partial charge in [-0.3, -0.25) is 10.00 Å². The average Bonchev–Trinajstić information content (AvgIpc) is 2.93. The first-order valence-electron chi connectivity index (χ1n) is 6.46. The van der Waals surface area contributed by atoms with Crippen LogP contribution in [0.1, 0.15) is 18.5 Å². The first-order chi connectivity index (χ1) is 9.70. The molecule has 1 unspecified atom stereocenters. The molecule has 1 aromatic heterocycles. The van der Waals surface area contributed by atoms with Gasteiger partial charge in [0.1, 0.15) is 0 Å². The van der Waals surface area contributed by atoms with E-state index in [1.54, 1.807) is 10.7 Å². The maximum atomic E-state index is 11.4. The molecule has 0 aliphatic heterocycles. The Morgan fingerprint density at radius 1 is 1.35 bits per heavy atom. The molecule has 0 aliphatic carbocycles. The number of hydrogen-bond acceptors (Lipinski definition) is 3. The molecule has 0 spiro atoms. The highest BCUT2D eigenvalue weighted by molar-refractivity contribution is 5.88. The van der Waals surface area contributed by atoms with E-state index in [-0.39, 0.29) is 25.2 Å². The zero-order valence-corrected chi connectivity index (χ0v) is 11.3. The quantitative estimate of drug-likeness (QED) is 0.775. The van der Waals surface area contributed by atoms with E-state index in [4.69, 9.17) is 5.11 Å². The second-order valence-corrected chi connectivity index (χ2v) is 4.37. The molecule has 0 bridgehead atoms. The lowest BCUT2D eigenvalue weighted by Crippen LogP contribution is -2.31. The predicted molar refractivity (Wildman–Crippen MR) is 76.6 cm³/mol. The maximum Gasteiger partial charge on any atom is 0.320 e. The monoisotopic (exact) mass is 274 g/mol. The Hall–Kier alpha value is -2.34. The summed E-state index contributed by atoms with van der Waals surface area (Å²) in [5.74, 6) is 0.475. The topological polar surface area (TPSA) is 79.2 Å². The fourth-order valence-corrected chi connectivity index (χ4v) is 1.83. The van der Waals surface area contributed by atoms with Gasteiger partial charge in [0.25, 0.3) is 0 Å². The summed E-state index contributed by atoms with van der Waals surface area (Å²) < 4.78 is 1.79. The third kappa shape index (κ3) is 3.58. The highest BCUT2D eigenvalue weighted by Crippen LogP contribution is 2.17. The molecule has 2 aromatic rings. The van der Waals surface area contributed by atoms with Crippen LogP contribution >= 0.6 is 0 Å². The number of carbonyl (C=O) groups is 1. The Morgan fingerprint density at radius 2 is 2.10 bits per heavy atom. The second-order valence-electron chi connectivity index (χ2n) is 4.37. The van der Waals surface area contributed by atoms with E-state index in [1.807, 2.05) is 43.5 Å². The molecule has 1 atom stereocenters. The number of rotatable bonds is 5. The van der Waals surface area contributed by atoms with E-state index in [0.717, 1.165) is 5.56 Å². The summed E-state index contributed by atoms with van der Waals surface area (Å²) in [4.78, 5) is 11.4. The molecule has 2 rings (SSSR count). The predicted octanol–water partition coefficient (Wildman–Crippen LogP) is 1.61. The molecule has 0 radical (unpaired) electrons. The standard InChI is InChI=1S/C14H18N4O2/c1-11(12-5-3-2-4-6-12)18-9-7-13(17-18)16-14(20)15-8-10-19/h2-7,9,11,19H,8,10H2,1H3,(H2,15,16,17,20). The SMILES string of the molecule is CC(c1ccccc1)n1ccc(NC(=O)NCCO)n1. The Kier molecular flexibility index (Phi) is 4.73. The summed E-state index contributed by atoms with van der Waals surface area (Å²) in [6, 6.07) is 11.5. The van der Waals surface area contributed by atoms with Crippen molar-refractivity contribution in [2.24, 2.45) is 0 Å². The zero-order chi connectivity index (χ0) is 14.4. The summed E-state index contributed by atoms with van der Waals surface area (Å²) in [6.45, 7) is 2.16. The van der Waals surface area contributed by atoms with Crippen LogP contribution in [0.3, 0.4) is 0 Å². The van der Waals surface area contributed by atoms with E-state index < -0.39 is 0 Å². The number of carbonyl (C=O) groups excluding carboxylic acids is 1. The van der Waals surface area contributed by atoms with Gasteiger partial charge in [-0.1, -0.05) is 30.3 Å². The van der Waals surface area contributed by atoms with Crippen LogP contribution in [0.2, 0.25) is 0 Å². The van der Waals surface area contributed by atoms with Crippen molar-refractivity contribution in [2.75, 3.05) is 18.5 Å². The summed E-state index contributed by atoms with van der Waals surface area (Å²) in [6.07, 6.45) is 1.82. The Bertz CT molecular complexity index is 553. The highest BCUT2D eigenvalue weighted by Gasteiger charge is 2.10. The number of anilines is 1. The van der Waals surface area contributed by atoms with Gasteiger partial charge in [-0.2, -0.15) is 5.10 Å². The minimum absolute atomic E-state index is 0.0900. The van der Waals surface area contributed by atoms with Crippen molar-refractivity contribution in [3.8, 4) is 0 Å². The molecule has 2 amide bonds. The first kappa shape index (κ1) is 14.1. The largest absolute Gasteiger partial charge is 0.395 e. The smallest absolute Gasteiger partial charge is 0.320 e. The number of benzene rings is 1. The van der Waals surface area contributed by atoms with Gasteiger partial charge in [-0.05, 0) is 12.5 Å². The van der Waals surface area contributed by atoms with Gasteiger partial charge in [0.05, 0.1) is 12.6 Å². The number of amides is 2. The van der Waals surface area contributed by atoms with Gasteiger partial charge in [-0.25, -0.2) is 4.79 Å². The molecule has 1 heterocycles. The van der Waals surface area contributed by atoms with Crippen molar-refractivity contribution in [1.29, 1.82) is 0 Å². The number of aliphatic hydroxyl groups excluding tert-OH is 1. The van der Waals surface area contributed by atoms with Gasteiger partial charge in [0, 0.05) is 18.8 Å². The van der Waals surface area contributed by atoms with E-state index in [0.29, 0.717) is 5.82 Å². The number of nitrogens with one attached hydrogen (secondary N) is 2. The number of aliphatic hydroxyl groups is 1. The van der Waals surface area contributed by atoms with Gasteiger partial charge in [-0.15, -0.1) is 0 Å². The van der Waals surface area contributed by atoms with Gasteiger partial charge in [0.2, 0.25) is 0 Å². The fourth-order valence-electron chi connectivity index (χ4n) is 1.83. The van der Waals surface area contributed by atoms with Crippen LogP contribution in [0.25, 0.3) is 0 Å². The third-order valence-electron chi connectivity index (χ3n) is 2.93. The molecule has 1 aromatic carbocycles. The maximum absolute atomic E-state index is 11.4. The number of nitrogens with zero attached hydrogens (tertiary/aromatic N) is 2. The van der Waals surface area contributed by atoms with Crippen molar-refractivity contribution < 1.29 is 9.90 Å².